The van der Waals surface area contributed by atoms with Crippen LogP contribution in [0, 0.1) is 5.41 Å². The fourth-order valence-electron chi connectivity index (χ4n) is 1.50. The molecule has 1 N–H and O–H groups in total. The van der Waals surface area contributed by atoms with Crippen LogP contribution in [-0.4, -0.2) is 5.71 Å². The van der Waals surface area contributed by atoms with Crippen molar-refractivity contribution in [3.63, 3.8) is 0 Å². The third-order valence-corrected chi connectivity index (χ3v) is 2.33. The molecule has 1 aliphatic carbocycles. The molecular weight excluding hydrogens is 134 g/mol. The highest BCUT2D eigenvalue weighted by molar-refractivity contribution is 5.96. The number of rotatable bonds is 0. The molecule has 0 saturated heterocycles. The second-order valence-electron chi connectivity index (χ2n) is 3.35. The molecule has 1 fully saturated rings. The summed E-state index contributed by atoms with van der Waals surface area (Å²) in [5.41, 5.74) is 1.87. The molecule has 0 amide bonds. The van der Waals surface area contributed by atoms with E-state index >= 15 is 0 Å². The molecule has 0 aliphatic heterocycles. The molecule has 1 heteroatoms. The van der Waals surface area contributed by atoms with Gasteiger partial charge in [0.1, 0.15) is 0 Å². The minimum absolute atomic E-state index is 0.798. The average Bonchev–Trinajstić information content (AvgIpc) is 2.07. The van der Waals surface area contributed by atoms with Gasteiger partial charge in [0, 0.05) is 5.71 Å². The number of hydrogen-bond donors (Lipinski definition) is 1. The van der Waals surface area contributed by atoms with Gasteiger partial charge in [0.05, 0.1) is 0 Å². The first-order valence-electron chi connectivity index (χ1n) is 4.56. The third kappa shape index (κ3) is 2.87. The molecule has 1 aliphatic rings. The van der Waals surface area contributed by atoms with Gasteiger partial charge in [0.15, 0.2) is 0 Å². The molecule has 0 bridgehead atoms. The number of allylic oxidation sites excluding steroid dienone is 1. The average molecular weight is 151 g/mol. The van der Waals surface area contributed by atoms with Gasteiger partial charge in [-0.05, 0) is 31.3 Å². The SMILES string of the molecule is C=C1CCCCCCCC1=N. The van der Waals surface area contributed by atoms with Crippen molar-refractivity contribution in [1.82, 2.24) is 0 Å². The Morgan fingerprint density at radius 1 is 0.909 bits per heavy atom. The lowest BCUT2D eigenvalue weighted by molar-refractivity contribution is 0.635. The zero-order valence-corrected chi connectivity index (χ0v) is 7.16. The normalized spacial score (nSPS) is 22.2. The summed E-state index contributed by atoms with van der Waals surface area (Å²) in [6, 6.07) is 0. The molecule has 0 heterocycles. The van der Waals surface area contributed by atoms with Crippen LogP contribution < -0.4 is 0 Å². The molecule has 1 rings (SSSR count). The van der Waals surface area contributed by atoms with Gasteiger partial charge in [-0.25, -0.2) is 0 Å². The van der Waals surface area contributed by atoms with E-state index in [-0.39, 0.29) is 0 Å². The smallest absolute Gasteiger partial charge is 0.0339 e. The van der Waals surface area contributed by atoms with Gasteiger partial charge in [-0.2, -0.15) is 0 Å². The first-order chi connectivity index (χ1) is 5.30. The van der Waals surface area contributed by atoms with Crippen molar-refractivity contribution < 1.29 is 0 Å². The van der Waals surface area contributed by atoms with Gasteiger partial charge in [-0.1, -0.05) is 25.8 Å². The lowest BCUT2D eigenvalue weighted by Gasteiger charge is -2.03. The maximum atomic E-state index is 7.63. The fourth-order valence-corrected chi connectivity index (χ4v) is 1.50. The van der Waals surface area contributed by atoms with Crippen molar-refractivity contribution in [3.8, 4) is 0 Å². The summed E-state index contributed by atoms with van der Waals surface area (Å²) >= 11 is 0. The predicted octanol–water partition coefficient (Wildman–Crippen LogP) is 3.31. The minimum atomic E-state index is 0.798. The standard InChI is InChI=1S/C10H17N/c1-9-7-5-3-2-4-6-8-10(9)11/h11H,1-8H2. The van der Waals surface area contributed by atoms with Crippen molar-refractivity contribution in [2.45, 2.75) is 44.9 Å². The highest BCUT2D eigenvalue weighted by atomic mass is 14.4. The second-order valence-corrected chi connectivity index (χ2v) is 3.35. The van der Waals surface area contributed by atoms with Crippen molar-refractivity contribution in [2.24, 2.45) is 0 Å². The molecule has 11 heavy (non-hydrogen) atoms. The van der Waals surface area contributed by atoms with Crippen LogP contribution in [0.3, 0.4) is 0 Å². The van der Waals surface area contributed by atoms with Crippen molar-refractivity contribution >= 4 is 5.71 Å². The fraction of sp³-hybridized carbons (Fsp3) is 0.700. The van der Waals surface area contributed by atoms with E-state index in [1.165, 1.54) is 32.1 Å². The first-order valence-corrected chi connectivity index (χ1v) is 4.56. The van der Waals surface area contributed by atoms with Crippen molar-refractivity contribution in [1.29, 1.82) is 5.41 Å². The Bertz CT molecular complexity index is 140. The van der Waals surface area contributed by atoms with Gasteiger partial charge in [-0.15, -0.1) is 0 Å². The van der Waals surface area contributed by atoms with Crippen LogP contribution in [0.1, 0.15) is 44.9 Å². The van der Waals surface area contributed by atoms with Crippen LogP contribution in [0.15, 0.2) is 12.2 Å². The monoisotopic (exact) mass is 151 g/mol. The van der Waals surface area contributed by atoms with E-state index < -0.39 is 0 Å². The summed E-state index contributed by atoms with van der Waals surface area (Å²) in [6.45, 7) is 3.91. The van der Waals surface area contributed by atoms with Crippen LogP contribution in [0.25, 0.3) is 0 Å². The maximum Gasteiger partial charge on any atom is 0.0339 e. The van der Waals surface area contributed by atoms with Gasteiger partial charge in [0.25, 0.3) is 0 Å². The molecule has 0 unspecified atom stereocenters. The Labute approximate surface area is 69.0 Å². The molecule has 0 aromatic rings. The minimum Gasteiger partial charge on any atom is -0.305 e. The molecule has 0 atom stereocenters. The lowest BCUT2D eigenvalue weighted by atomic mass is 10.0. The van der Waals surface area contributed by atoms with Crippen LogP contribution >= 0.6 is 0 Å². The number of hydrogen-bond acceptors (Lipinski definition) is 1. The third-order valence-electron chi connectivity index (χ3n) is 2.33. The molecule has 1 saturated carbocycles. The second kappa shape index (κ2) is 4.32. The Hall–Kier alpha value is -0.590. The summed E-state index contributed by atoms with van der Waals surface area (Å²) in [5, 5.41) is 7.63. The van der Waals surface area contributed by atoms with E-state index in [4.69, 9.17) is 5.41 Å². The van der Waals surface area contributed by atoms with Crippen molar-refractivity contribution in [3.05, 3.63) is 12.2 Å². The summed E-state index contributed by atoms with van der Waals surface area (Å²) in [4.78, 5) is 0. The van der Waals surface area contributed by atoms with E-state index in [0.29, 0.717) is 0 Å². The van der Waals surface area contributed by atoms with Gasteiger partial charge < -0.3 is 5.41 Å². The quantitative estimate of drug-likeness (QED) is 0.549. The van der Waals surface area contributed by atoms with E-state index in [1.54, 1.807) is 0 Å². The Balaban J connectivity index is 2.42. The zero-order valence-electron chi connectivity index (χ0n) is 7.16. The van der Waals surface area contributed by atoms with Crippen LogP contribution in [0.4, 0.5) is 0 Å². The summed E-state index contributed by atoms with van der Waals surface area (Å²) in [5.74, 6) is 0. The molecule has 1 nitrogen and oxygen atoms in total. The number of nitrogens with one attached hydrogen (secondary N) is 1. The highest BCUT2D eigenvalue weighted by Gasteiger charge is 2.05. The van der Waals surface area contributed by atoms with Gasteiger partial charge in [0.2, 0.25) is 0 Å². The topological polar surface area (TPSA) is 23.9 Å². The summed E-state index contributed by atoms with van der Waals surface area (Å²) in [6.07, 6.45) is 8.42. The zero-order chi connectivity index (χ0) is 8.10. The maximum absolute atomic E-state index is 7.63. The summed E-state index contributed by atoms with van der Waals surface area (Å²) in [7, 11) is 0. The molecule has 0 aromatic carbocycles. The Morgan fingerprint density at radius 2 is 1.45 bits per heavy atom. The van der Waals surface area contributed by atoms with E-state index in [2.05, 4.69) is 6.58 Å². The van der Waals surface area contributed by atoms with Crippen LogP contribution in [0.2, 0.25) is 0 Å². The molecule has 62 valence electrons. The van der Waals surface area contributed by atoms with E-state index in [0.717, 1.165) is 24.1 Å². The van der Waals surface area contributed by atoms with Crippen LogP contribution in [0.5, 0.6) is 0 Å². The van der Waals surface area contributed by atoms with E-state index in [9.17, 15) is 0 Å². The Morgan fingerprint density at radius 3 is 2.18 bits per heavy atom. The van der Waals surface area contributed by atoms with Gasteiger partial charge >= 0.3 is 0 Å². The van der Waals surface area contributed by atoms with Gasteiger partial charge in [-0.3, -0.25) is 0 Å². The Kier molecular flexibility index (Phi) is 3.34. The molecule has 0 radical (unpaired) electrons. The highest BCUT2D eigenvalue weighted by Crippen LogP contribution is 2.17. The molecule has 0 spiro atoms. The summed E-state index contributed by atoms with van der Waals surface area (Å²) < 4.78 is 0. The van der Waals surface area contributed by atoms with Crippen LogP contribution in [-0.2, 0) is 0 Å². The molecular formula is C10H17N. The first kappa shape index (κ1) is 8.51. The van der Waals surface area contributed by atoms with Crippen molar-refractivity contribution in [2.75, 3.05) is 0 Å². The van der Waals surface area contributed by atoms with E-state index in [1.807, 2.05) is 0 Å². The lowest BCUT2D eigenvalue weighted by Crippen LogP contribution is -1.98. The predicted molar refractivity (Wildman–Crippen MR) is 49.2 cm³/mol. The largest absolute Gasteiger partial charge is 0.305 e. The molecule has 0 aromatic heterocycles.